The maximum Gasteiger partial charge on any atom is 0.237 e. The molecule has 2 fully saturated rings. The summed E-state index contributed by atoms with van der Waals surface area (Å²) < 4.78 is 1.83. The van der Waals surface area contributed by atoms with E-state index < -0.39 is 0 Å². The largest absolute Gasteiger partial charge is 0.367 e. The summed E-state index contributed by atoms with van der Waals surface area (Å²) >= 11 is 0. The van der Waals surface area contributed by atoms with Crippen molar-refractivity contribution >= 4 is 17.2 Å². The highest BCUT2D eigenvalue weighted by Gasteiger charge is 2.48. The molecule has 168 valence electrons. The van der Waals surface area contributed by atoms with E-state index >= 15 is 0 Å². The number of carbonyl (C=O) groups excluding carboxylic acids is 1. The number of hydrogen-bond acceptors (Lipinski definition) is 5. The van der Waals surface area contributed by atoms with Crippen LogP contribution in [0, 0.1) is 0 Å². The fourth-order valence-electron chi connectivity index (χ4n) is 5.27. The number of nitrogens with one attached hydrogen (secondary N) is 2. The third-order valence-electron chi connectivity index (χ3n) is 7.12. The Morgan fingerprint density at radius 1 is 1.16 bits per heavy atom. The summed E-state index contributed by atoms with van der Waals surface area (Å²) in [5, 5.41) is 11.1. The van der Waals surface area contributed by atoms with Gasteiger partial charge in [0.25, 0.3) is 0 Å². The zero-order valence-corrected chi connectivity index (χ0v) is 19.1. The standard InChI is InChI=1S/C25H32N6O/c1-24(2,3)30-13-11-21(30)23(32)29-19-14-25(15-19,18-8-5-4-6-9-18)16-26-22-20-10-7-12-31(20)28-17-27-22/h4-10,12,17,19,21H,11,13-16H2,1-3H3,(H,29,32)(H,26,27,28). The van der Waals surface area contributed by atoms with Crippen LogP contribution < -0.4 is 10.6 Å². The number of likely N-dealkylation sites (tertiary alicyclic amines) is 1. The van der Waals surface area contributed by atoms with Crippen LogP contribution in [0.15, 0.2) is 55.0 Å². The predicted octanol–water partition coefficient (Wildman–Crippen LogP) is 3.23. The number of rotatable bonds is 6. The van der Waals surface area contributed by atoms with Crippen molar-refractivity contribution in [3.05, 3.63) is 60.6 Å². The lowest BCUT2D eigenvalue weighted by molar-refractivity contribution is -0.137. The monoisotopic (exact) mass is 432 g/mol. The number of fused-ring (bicyclic) bond motifs is 1. The van der Waals surface area contributed by atoms with Gasteiger partial charge in [0.15, 0.2) is 5.82 Å². The number of benzene rings is 1. The molecule has 1 atom stereocenters. The van der Waals surface area contributed by atoms with Gasteiger partial charge < -0.3 is 10.6 Å². The lowest BCUT2D eigenvalue weighted by atomic mass is 9.61. The Kier molecular flexibility index (Phi) is 5.16. The second-order valence-electron chi connectivity index (χ2n) is 10.2. The van der Waals surface area contributed by atoms with E-state index in [-0.39, 0.29) is 28.9 Å². The minimum Gasteiger partial charge on any atom is -0.367 e. The molecule has 1 saturated heterocycles. The number of aromatic nitrogens is 3. The molecule has 2 aromatic heterocycles. The van der Waals surface area contributed by atoms with Crippen molar-refractivity contribution in [3.63, 3.8) is 0 Å². The first-order valence-electron chi connectivity index (χ1n) is 11.5. The van der Waals surface area contributed by atoms with Gasteiger partial charge in [-0.2, -0.15) is 5.10 Å². The minimum atomic E-state index is -0.0307. The van der Waals surface area contributed by atoms with Crippen molar-refractivity contribution in [1.82, 2.24) is 24.8 Å². The fourth-order valence-corrected chi connectivity index (χ4v) is 5.27. The van der Waals surface area contributed by atoms with E-state index in [0.717, 1.165) is 43.7 Å². The average Bonchev–Trinajstić information content (AvgIpc) is 3.17. The molecule has 1 amide bonds. The summed E-state index contributed by atoms with van der Waals surface area (Å²) in [6.07, 6.45) is 6.28. The molecule has 3 aromatic rings. The average molecular weight is 433 g/mol. The van der Waals surface area contributed by atoms with Gasteiger partial charge in [0.2, 0.25) is 5.91 Å². The highest BCUT2D eigenvalue weighted by atomic mass is 16.2. The van der Waals surface area contributed by atoms with Crippen molar-refractivity contribution in [1.29, 1.82) is 0 Å². The van der Waals surface area contributed by atoms with Crippen LogP contribution in [0.3, 0.4) is 0 Å². The van der Waals surface area contributed by atoms with Gasteiger partial charge in [0.05, 0.1) is 6.04 Å². The van der Waals surface area contributed by atoms with E-state index in [1.54, 1.807) is 6.33 Å². The minimum absolute atomic E-state index is 0.00326. The van der Waals surface area contributed by atoms with Gasteiger partial charge in [-0.1, -0.05) is 30.3 Å². The van der Waals surface area contributed by atoms with Crippen LogP contribution in [0.5, 0.6) is 0 Å². The smallest absolute Gasteiger partial charge is 0.237 e. The van der Waals surface area contributed by atoms with Gasteiger partial charge >= 0.3 is 0 Å². The molecule has 7 heteroatoms. The van der Waals surface area contributed by atoms with Crippen molar-refractivity contribution in [2.24, 2.45) is 0 Å². The van der Waals surface area contributed by atoms with Gasteiger partial charge in [0, 0.05) is 36.3 Å². The highest BCUT2D eigenvalue weighted by molar-refractivity contribution is 5.83. The number of anilines is 1. The Labute approximate surface area is 189 Å². The van der Waals surface area contributed by atoms with Gasteiger partial charge in [0.1, 0.15) is 11.8 Å². The zero-order valence-electron chi connectivity index (χ0n) is 19.1. The normalized spacial score (nSPS) is 25.7. The molecular weight excluding hydrogens is 400 g/mol. The molecule has 1 aromatic carbocycles. The molecule has 0 radical (unpaired) electrons. The van der Waals surface area contributed by atoms with E-state index in [4.69, 9.17) is 0 Å². The SMILES string of the molecule is CC(C)(C)N1CCC1C(=O)NC1CC(CNc2ncnn3cccc23)(c2ccccc2)C1. The second kappa shape index (κ2) is 7.89. The van der Waals surface area contributed by atoms with Crippen LogP contribution in [-0.4, -0.2) is 56.1 Å². The molecule has 5 rings (SSSR count). The van der Waals surface area contributed by atoms with Crippen LogP contribution >= 0.6 is 0 Å². The van der Waals surface area contributed by atoms with Gasteiger partial charge in [-0.05, 0) is 57.7 Å². The molecule has 1 aliphatic carbocycles. The molecule has 3 heterocycles. The maximum atomic E-state index is 12.9. The van der Waals surface area contributed by atoms with Crippen molar-refractivity contribution in [3.8, 4) is 0 Å². The van der Waals surface area contributed by atoms with E-state index in [1.165, 1.54) is 5.56 Å². The Balaban J connectivity index is 1.28. The molecule has 1 saturated carbocycles. The number of amides is 1. The summed E-state index contributed by atoms with van der Waals surface area (Å²) in [5.74, 6) is 1.01. The quantitative estimate of drug-likeness (QED) is 0.626. The summed E-state index contributed by atoms with van der Waals surface area (Å²) in [7, 11) is 0. The third kappa shape index (κ3) is 3.75. The molecule has 2 aliphatic rings. The summed E-state index contributed by atoms with van der Waals surface area (Å²) in [6, 6.07) is 14.8. The van der Waals surface area contributed by atoms with Crippen molar-refractivity contribution in [2.45, 2.75) is 63.1 Å². The Morgan fingerprint density at radius 3 is 2.62 bits per heavy atom. The topological polar surface area (TPSA) is 74.6 Å². The van der Waals surface area contributed by atoms with E-state index in [1.807, 2.05) is 22.8 Å². The van der Waals surface area contributed by atoms with E-state index in [0.29, 0.717) is 0 Å². The van der Waals surface area contributed by atoms with Crippen molar-refractivity contribution < 1.29 is 4.79 Å². The van der Waals surface area contributed by atoms with Gasteiger partial charge in [-0.25, -0.2) is 9.50 Å². The first kappa shape index (κ1) is 20.9. The number of hydrogen-bond donors (Lipinski definition) is 2. The highest BCUT2D eigenvalue weighted by Crippen LogP contribution is 2.44. The van der Waals surface area contributed by atoms with Crippen molar-refractivity contribution in [2.75, 3.05) is 18.4 Å². The molecule has 2 N–H and O–H groups in total. The van der Waals surface area contributed by atoms with Crippen LogP contribution in [0.2, 0.25) is 0 Å². The molecule has 7 nitrogen and oxygen atoms in total. The van der Waals surface area contributed by atoms with Gasteiger partial charge in [-0.15, -0.1) is 0 Å². The fraction of sp³-hybridized carbons (Fsp3) is 0.480. The lowest BCUT2D eigenvalue weighted by Gasteiger charge is -2.51. The molecule has 0 bridgehead atoms. The third-order valence-corrected chi connectivity index (χ3v) is 7.12. The lowest BCUT2D eigenvalue weighted by Crippen LogP contribution is -2.65. The second-order valence-corrected chi connectivity index (χ2v) is 10.2. The Hall–Kier alpha value is -2.93. The van der Waals surface area contributed by atoms with Crippen LogP contribution in [0.25, 0.3) is 5.52 Å². The molecule has 1 unspecified atom stereocenters. The Bertz CT molecular complexity index is 1100. The molecule has 0 spiro atoms. The maximum absolute atomic E-state index is 12.9. The van der Waals surface area contributed by atoms with Crippen LogP contribution in [-0.2, 0) is 10.2 Å². The first-order chi connectivity index (χ1) is 15.4. The summed E-state index contributed by atoms with van der Waals surface area (Å²) in [4.78, 5) is 19.7. The van der Waals surface area contributed by atoms with Gasteiger partial charge in [-0.3, -0.25) is 9.69 Å². The molecule has 32 heavy (non-hydrogen) atoms. The predicted molar refractivity (Wildman–Crippen MR) is 126 cm³/mol. The zero-order chi connectivity index (χ0) is 22.3. The Morgan fingerprint density at radius 2 is 1.94 bits per heavy atom. The first-order valence-corrected chi connectivity index (χ1v) is 11.5. The number of carbonyl (C=O) groups is 1. The van der Waals surface area contributed by atoms with Crippen LogP contribution in [0.1, 0.15) is 45.6 Å². The van der Waals surface area contributed by atoms with E-state index in [9.17, 15) is 4.79 Å². The summed E-state index contributed by atoms with van der Waals surface area (Å²) in [5.41, 5.74) is 2.27. The molecular formula is C25H32N6O. The summed E-state index contributed by atoms with van der Waals surface area (Å²) in [6.45, 7) is 8.29. The van der Waals surface area contributed by atoms with E-state index in [2.05, 4.69) is 76.7 Å². The number of nitrogens with zero attached hydrogens (tertiary/aromatic N) is 4. The molecule has 1 aliphatic heterocycles. The van der Waals surface area contributed by atoms with Crippen LogP contribution in [0.4, 0.5) is 5.82 Å².